The Labute approximate surface area is 95.1 Å². The predicted molar refractivity (Wildman–Crippen MR) is 59.7 cm³/mol. The second kappa shape index (κ2) is 4.15. The van der Waals surface area contributed by atoms with E-state index in [1.165, 1.54) is 12.1 Å². The third-order valence-corrected chi connectivity index (χ3v) is 3.48. The average Bonchev–Trinajstić information content (AvgIpc) is 2.15. The van der Waals surface area contributed by atoms with Gasteiger partial charge in [0.05, 0.1) is 5.60 Å². The van der Waals surface area contributed by atoms with E-state index in [-0.39, 0.29) is 5.82 Å². The van der Waals surface area contributed by atoms with Gasteiger partial charge in [-0.15, -0.1) is 0 Å². The number of benzene rings is 1. The first-order valence-corrected chi connectivity index (χ1v) is 5.58. The molecule has 1 saturated carbocycles. The lowest BCUT2D eigenvalue weighted by molar-refractivity contribution is -0.151. The smallest absolute Gasteiger partial charge is 0.123 e. The summed E-state index contributed by atoms with van der Waals surface area (Å²) >= 11 is 0. The molecule has 0 saturated heterocycles. The van der Waals surface area contributed by atoms with Crippen molar-refractivity contribution < 1.29 is 14.2 Å². The van der Waals surface area contributed by atoms with Gasteiger partial charge in [0, 0.05) is 7.11 Å². The highest BCUT2D eigenvalue weighted by Crippen LogP contribution is 2.44. The summed E-state index contributed by atoms with van der Waals surface area (Å²) in [4.78, 5) is 0. The van der Waals surface area contributed by atoms with Gasteiger partial charge in [-0.2, -0.15) is 0 Å². The highest BCUT2D eigenvalue weighted by molar-refractivity contribution is 5.27. The van der Waals surface area contributed by atoms with Crippen LogP contribution in [0.1, 0.15) is 36.5 Å². The quantitative estimate of drug-likeness (QED) is 0.855. The molecule has 1 unspecified atom stereocenters. The summed E-state index contributed by atoms with van der Waals surface area (Å²) in [6, 6.07) is 4.65. The van der Waals surface area contributed by atoms with Crippen molar-refractivity contribution in [3.8, 4) is 0 Å². The zero-order valence-electron chi connectivity index (χ0n) is 9.66. The Morgan fingerprint density at radius 1 is 1.38 bits per heavy atom. The molecule has 1 aromatic rings. The number of hydrogen-bond donors (Lipinski definition) is 1. The van der Waals surface area contributed by atoms with Crippen LogP contribution in [0, 0.1) is 12.7 Å². The van der Waals surface area contributed by atoms with E-state index < -0.39 is 11.7 Å². The molecule has 0 aliphatic heterocycles. The zero-order chi connectivity index (χ0) is 11.8. The molecular formula is C13H17FO2. The maximum absolute atomic E-state index is 13.3. The lowest BCUT2D eigenvalue weighted by atomic mass is 9.73. The van der Waals surface area contributed by atoms with Gasteiger partial charge in [0.25, 0.3) is 0 Å². The van der Waals surface area contributed by atoms with Crippen molar-refractivity contribution in [2.75, 3.05) is 7.11 Å². The van der Waals surface area contributed by atoms with Gasteiger partial charge >= 0.3 is 0 Å². The zero-order valence-corrected chi connectivity index (χ0v) is 9.66. The molecule has 0 bridgehead atoms. The Hall–Kier alpha value is -0.930. The molecule has 2 nitrogen and oxygen atoms in total. The van der Waals surface area contributed by atoms with E-state index >= 15 is 0 Å². The maximum atomic E-state index is 13.3. The summed E-state index contributed by atoms with van der Waals surface area (Å²) in [5.74, 6) is -0.306. The Morgan fingerprint density at radius 2 is 2.06 bits per heavy atom. The van der Waals surface area contributed by atoms with Crippen LogP contribution in [0.3, 0.4) is 0 Å². The summed E-state index contributed by atoms with van der Waals surface area (Å²) < 4.78 is 18.6. The van der Waals surface area contributed by atoms with Crippen LogP contribution >= 0.6 is 0 Å². The van der Waals surface area contributed by atoms with Gasteiger partial charge in [-0.3, -0.25) is 0 Å². The molecule has 2 rings (SSSR count). The van der Waals surface area contributed by atoms with Crippen LogP contribution in [0.5, 0.6) is 0 Å². The third-order valence-electron chi connectivity index (χ3n) is 3.48. The Balaban J connectivity index is 2.29. The van der Waals surface area contributed by atoms with Crippen molar-refractivity contribution in [1.82, 2.24) is 0 Å². The van der Waals surface area contributed by atoms with E-state index in [4.69, 9.17) is 4.74 Å². The van der Waals surface area contributed by atoms with Gasteiger partial charge in [-0.05, 0) is 49.4 Å². The SMILES string of the molecule is COC1(C(O)c2cc(C)cc(F)c2)CCC1. The lowest BCUT2D eigenvalue weighted by Crippen LogP contribution is -2.45. The number of hydrogen-bond acceptors (Lipinski definition) is 2. The minimum atomic E-state index is -0.736. The lowest BCUT2D eigenvalue weighted by Gasteiger charge is -2.44. The summed E-state index contributed by atoms with van der Waals surface area (Å²) in [5.41, 5.74) is 0.930. The molecule has 0 heterocycles. The second-order valence-corrected chi connectivity index (χ2v) is 4.59. The molecule has 16 heavy (non-hydrogen) atoms. The molecule has 1 aliphatic carbocycles. The number of rotatable bonds is 3. The van der Waals surface area contributed by atoms with E-state index in [2.05, 4.69) is 0 Å². The minimum Gasteiger partial charge on any atom is -0.385 e. The first-order valence-electron chi connectivity index (χ1n) is 5.58. The summed E-state index contributed by atoms with van der Waals surface area (Å²) in [7, 11) is 1.61. The Kier molecular flexibility index (Phi) is 3.00. The van der Waals surface area contributed by atoms with Gasteiger partial charge in [0.1, 0.15) is 11.9 Å². The molecule has 1 N–H and O–H groups in total. The van der Waals surface area contributed by atoms with Crippen molar-refractivity contribution in [3.63, 3.8) is 0 Å². The fraction of sp³-hybridized carbons (Fsp3) is 0.538. The summed E-state index contributed by atoms with van der Waals surface area (Å²) in [6.07, 6.45) is 1.99. The number of aliphatic hydroxyl groups excluding tert-OH is 1. The van der Waals surface area contributed by atoms with E-state index in [0.29, 0.717) is 5.56 Å². The normalized spacial score (nSPS) is 20.2. The van der Waals surface area contributed by atoms with E-state index in [0.717, 1.165) is 24.8 Å². The highest BCUT2D eigenvalue weighted by Gasteiger charge is 2.44. The Morgan fingerprint density at radius 3 is 2.50 bits per heavy atom. The first-order chi connectivity index (χ1) is 7.57. The summed E-state index contributed by atoms with van der Waals surface area (Å²) in [5, 5.41) is 10.2. The molecule has 1 atom stereocenters. The number of aliphatic hydroxyl groups is 1. The van der Waals surface area contributed by atoms with Crippen LogP contribution in [0.15, 0.2) is 18.2 Å². The fourth-order valence-corrected chi connectivity index (χ4v) is 2.34. The first kappa shape index (κ1) is 11.6. The molecule has 0 aromatic heterocycles. The summed E-state index contributed by atoms with van der Waals surface area (Å²) in [6.45, 7) is 1.82. The number of methoxy groups -OCH3 is 1. The average molecular weight is 224 g/mol. The van der Waals surface area contributed by atoms with Crippen molar-refractivity contribution in [2.24, 2.45) is 0 Å². The van der Waals surface area contributed by atoms with Crippen molar-refractivity contribution in [2.45, 2.75) is 37.9 Å². The monoisotopic (exact) mass is 224 g/mol. The van der Waals surface area contributed by atoms with Gasteiger partial charge in [-0.1, -0.05) is 6.07 Å². The predicted octanol–water partition coefficient (Wildman–Crippen LogP) is 2.74. The van der Waals surface area contributed by atoms with Crippen LogP contribution in [0.2, 0.25) is 0 Å². The number of ether oxygens (including phenoxy) is 1. The highest BCUT2D eigenvalue weighted by atomic mass is 19.1. The molecule has 0 spiro atoms. The molecule has 1 fully saturated rings. The molecular weight excluding hydrogens is 207 g/mol. The van der Waals surface area contributed by atoms with Gasteiger partial charge in [-0.25, -0.2) is 4.39 Å². The minimum absolute atomic E-state index is 0.306. The van der Waals surface area contributed by atoms with E-state index in [9.17, 15) is 9.50 Å². The molecule has 0 radical (unpaired) electrons. The number of aryl methyl sites for hydroxylation is 1. The fourth-order valence-electron chi connectivity index (χ4n) is 2.34. The molecule has 0 amide bonds. The largest absolute Gasteiger partial charge is 0.385 e. The standard InChI is InChI=1S/C13H17FO2/c1-9-6-10(8-11(14)7-9)12(15)13(16-2)4-3-5-13/h6-8,12,15H,3-5H2,1-2H3. The maximum Gasteiger partial charge on any atom is 0.123 e. The number of halogens is 1. The molecule has 1 aliphatic rings. The Bertz CT molecular complexity index is 360. The van der Waals surface area contributed by atoms with Gasteiger partial charge in [0.2, 0.25) is 0 Å². The van der Waals surface area contributed by atoms with E-state index in [1.807, 2.05) is 13.0 Å². The van der Waals surface area contributed by atoms with Crippen LogP contribution in [-0.4, -0.2) is 17.8 Å². The van der Waals surface area contributed by atoms with Crippen LogP contribution in [0.25, 0.3) is 0 Å². The van der Waals surface area contributed by atoms with Gasteiger partial charge < -0.3 is 9.84 Å². The topological polar surface area (TPSA) is 29.5 Å². The van der Waals surface area contributed by atoms with Crippen LogP contribution in [-0.2, 0) is 4.74 Å². The van der Waals surface area contributed by atoms with E-state index in [1.54, 1.807) is 7.11 Å². The molecule has 3 heteroatoms. The molecule has 88 valence electrons. The van der Waals surface area contributed by atoms with Crippen molar-refractivity contribution >= 4 is 0 Å². The van der Waals surface area contributed by atoms with Crippen LogP contribution in [0.4, 0.5) is 4.39 Å². The second-order valence-electron chi connectivity index (χ2n) is 4.59. The van der Waals surface area contributed by atoms with Crippen molar-refractivity contribution in [3.05, 3.63) is 35.1 Å². The third kappa shape index (κ3) is 1.85. The van der Waals surface area contributed by atoms with Crippen LogP contribution < -0.4 is 0 Å². The van der Waals surface area contributed by atoms with Gasteiger partial charge in [0.15, 0.2) is 0 Å². The van der Waals surface area contributed by atoms with Crippen molar-refractivity contribution in [1.29, 1.82) is 0 Å². The molecule has 1 aromatic carbocycles.